The van der Waals surface area contributed by atoms with E-state index in [0.29, 0.717) is 0 Å². The van der Waals surface area contributed by atoms with Gasteiger partial charge in [0.2, 0.25) is 0 Å². The minimum atomic E-state index is -4.42. The molecule has 5 nitrogen and oxygen atoms in total. The topological polar surface area (TPSA) is 64.1 Å². The van der Waals surface area contributed by atoms with E-state index in [4.69, 9.17) is 4.74 Å². The predicted molar refractivity (Wildman–Crippen MR) is 81.6 cm³/mol. The number of alkyl halides is 3. The Bertz CT molecular complexity index is 688. The van der Waals surface area contributed by atoms with Gasteiger partial charge in [0.1, 0.15) is 18.1 Å². The first-order valence-electron chi connectivity index (χ1n) is 7.29. The summed E-state index contributed by atoms with van der Waals surface area (Å²) >= 11 is 0. The van der Waals surface area contributed by atoms with E-state index in [-0.39, 0.29) is 24.7 Å². The second-order valence-electron chi connectivity index (χ2n) is 4.90. The summed E-state index contributed by atoms with van der Waals surface area (Å²) in [6.07, 6.45) is -1.35. The van der Waals surface area contributed by atoms with Crippen LogP contribution in [0.15, 0.2) is 36.7 Å². The Labute approximate surface area is 136 Å². The lowest BCUT2D eigenvalue weighted by atomic mass is 10.2. The van der Waals surface area contributed by atoms with Crippen LogP contribution in [0.1, 0.15) is 28.5 Å². The van der Waals surface area contributed by atoms with Crippen LogP contribution in [0.2, 0.25) is 0 Å². The van der Waals surface area contributed by atoms with Gasteiger partial charge in [-0.05, 0) is 36.2 Å². The molecule has 2 rings (SSSR count). The van der Waals surface area contributed by atoms with E-state index in [1.165, 1.54) is 6.07 Å². The summed E-state index contributed by atoms with van der Waals surface area (Å²) in [6.45, 7) is 2.22. The third kappa shape index (κ3) is 4.94. The Kier molecular flexibility index (Phi) is 5.73. The minimum Gasteiger partial charge on any atom is -0.459 e. The number of hydrogen-bond acceptors (Lipinski definition) is 5. The normalized spacial score (nSPS) is 11.2. The predicted octanol–water partition coefficient (Wildman–Crippen LogP) is 3.33. The fourth-order valence-corrected chi connectivity index (χ4v) is 1.87. The summed E-state index contributed by atoms with van der Waals surface area (Å²) in [4.78, 5) is 19.4. The zero-order valence-electron chi connectivity index (χ0n) is 12.9. The van der Waals surface area contributed by atoms with Gasteiger partial charge in [-0.2, -0.15) is 13.2 Å². The van der Waals surface area contributed by atoms with Gasteiger partial charge in [-0.3, -0.25) is 0 Å². The quantitative estimate of drug-likeness (QED) is 0.646. The van der Waals surface area contributed by atoms with Crippen LogP contribution < -0.4 is 5.32 Å². The van der Waals surface area contributed by atoms with E-state index in [9.17, 15) is 18.0 Å². The summed E-state index contributed by atoms with van der Waals surface area (Å²) in [5, 5.41) is 2.78. The number of rotatable bonds is 6. The van der Waals surface area contributed by atoms with E-state index in [2.05, 4.69) is 15.3 Å². The highest BCUT2D eigenvalue weighted by Gasteiger charge is 2.30. The van der Waals surface area contributed by atoms with Crippen LogP contribution in [0, 0.1) is 0 Å². The Hall–Kier alpha value is -2.64. The molecule has 8 heteroatoms. The Balaban J connectivity index is 1.79. The van der Waals surface area contributed by atoms with Crippen molar-refractivity contribution in [3.05, 3.63) is 53.5 Å². The van der Waals surface area contributed by atoms with Gasteiger partial charge in [-0.15, -0.1) is 0 Å². The van der Waals surface area contributed by atoms with Crippen LogP contribution in [0.4, 0.5) is 19.0 Å². The molecule has 2 aromatic rings. The third-order valence-corrected chi connectivity index (χ3v) is 3.17. The lowest BCUT2D eigenvalue weighted by molar-refractivity contribution is -0.137. The Morgan fingerprint density at radius 3 is 2.67 bits per heavy atom. The summed E-state index contributed by atoms with van der Waals surface area (Å²) in [5.41, 5.74) is 0.382. The molecular formula is C16H16F3N3O2. The molecule has 2 heterocycles. The number of hydrogen-bond donors (Lipinski definition) is 1. The molecule has 0 bridgehead atoms. The molecule has 128 valence electrons. The van der Waals surface area contributed by atoms with Gasteiger partial charge < -0.3 is 10.1 Å². The van der Waals surface area contributed by atoms with E-state index >= 15 is 0 Å². The Morgan fingerprint density at radius 1 is 1.25 bits per heavy atom. The SMILES string of the molecule is CCc1ccnc(C(=O)OCCNc2ccc(C(F)(F)F)cn2)c1. The highest BCUT2D eigenvalue weighted by Crippen LogP contribution is 2.28. The average Bonchev–Trinajstić information content (AvgIpc) is 2.58. The summed E-state index contributed by atoms with van der Waals surface area (Å²) < 4.78 is 42.3. The maximum atomic E-state index is 12.4. The van der Waals surface area contributed by atoms with Gasteiger partial charge in [-0.25, -0.2) is 14.8 Å². The highest BCUT2D eigenvalue weighted by molar-refractivity contribution is 5.87. The van der Waals surface area contributed by atoms with E-state index < -0.39 is 17.7 Å². The second kappa shape index (κ2) is 7.76. The van der Waals surface area contributed by atoms with Crippen LogP contribution in [0.3, 0.4) is 0 Å². The monoisotopic (exact) mass is 339 g/mol. The standard InChI is InChI=1S/C16H16F3N3O2/c1-2-11-5-6-20-13(9-11)15(23)24-8-7-21-14-4-3-12(10-22-14)16(17,18)19/h3-6,9-10H,2,7-8H2,1H3,(H,21,22). The fourth-order valence-electron chi connectivity index (χ4n) is 1.87. The molecule has 0 unspecified atom stereocenters. The number of nitrogens with one attached hydrogen (secondary N) is 1. The Morgan fingerprint density at radius 2 is 2.04 bits per heavy atom. The van der Waals surface area contributed by atoms with E-state index in [1.807, 2.05) is 13.0 Å². The molecule has 0 aliphatic heterocycles. The number of anilines is 1. The molecule has 2 aromatic heterocycles. The van der Waals surface area contributed by atoms with Gasteiger partial charge >= 0.3 is 12.1 Å². The number of esters is 1. The molecule has 0 aromatic carbocycles. The number of aryl methyl sites for hydroxylation is 1. The van der Waals surface area contributed by atoms with Crippen molar-refractivity contribution < 1.29 is 22.7 Å². The van der Waals surface area contributed by atoms with E-state index in [0.717, 1.165) is 24.2 Å². The number of carbonyl (C=O) groups is 1. The lowest BCUT2D eigenvalue weighted by Crippen LogP contribution is -2.15. The molecule has 0 fully saturated rings. The number of pyridine rings is 2. The van der Waals surface area contributed by atoms with Crippen molar-refractivity contribution in [3.8, 4) is 0 Å². The van der Waals surface area contributed by atoms with Gasteiger partial charge in [-0.1, -0.05) is 6.92 Å². The van der Waals surface area contributed by atoms with Crippen LogP contribution in [0.5, 0.6) is 0 Å². The van der Waals surface area contributed by atoms with Crippen LogP contribution in [0.25, 0.3) is 0 Å². The first-order valence-corrected chi connectivity index (χ1v) is 7.29. The first kappa shape index (κ1) is 17.7. The van der Waals surface area contributed by atoms with Crippen molar-refractivity contribution in [2.24, 2.45) is 0 Å². The molecule has 0 saturated carbocycles. The van der Waals surface area contributed by atoms with Gasteiger partial charge in [0.15, 0.2) is 0 Å². The lowest BCUT2D eigenvalue weighted by Gasteiger charge is -2.09. The molecule has 1 N–H and O–H groups in total. The fraction of sp³-hybridized carbons (Fsp3) is 0.312. The van der Waals surface area contributed by atoms with Crippen molar-refractivity contribution in [2.75, 3.05) is 18.5 Å². The summed E-state index contributed by atoms with van der Waals surface area (Å²) in [6, 6.07) is 5.63. The molecule has 0 atom stereocenters. The molecule has 24 heavy (non-hydrogen) atoms. The third-order valence-electron chi connectivity index (χ3n) is 3.17. The number of halogens is 3. The number of carbonyl (C=O) groups excluding carboxylic acids is 1. The number of ether oxygens (including phenoxy) is 1. The highest BCUT2D eigenvalue weighted by atomic mass is 19.4. The molecule has 0 aliphatic carbocycles. The van der Waals surface area contributed by atoms with Crippen molar-refractivity contribution in [3.63, 3.8) is 0 Å². The van der Waals surface area contributed by atoms with Crippen molar-refractivity contribution in [1.82, 2.24) is 9.97 Å². The molecular weight excluding hydrogens is 323 g/mol. The van der Waals surface area contributed by atoms with Crippen molar-refractivity contribution in [2.45, 2.75) is 19.5 Å². The van der Waals surface area contributed by atoms with E-state index in [1.54, 1.807) is 12.3 Å². The zero-order valence-corrected chi connectivity index (χ0v) is 12.9. The summed E-state index contributed by atoms with van der Waals surface area (Å²) in [7, 11) is 0. The van der Waals surface area contributed by atoms with Crippen LogP contribution in [-0.4, -0.2) is 29.1 Å². The average molecular weight is 339 g/mol. The smallest absolute Gasteiger partial charge is 0.417 e. The zero-order chi connectivity index (χ0) is 17.6. The molecule has 0 amide bonds. The van der Waals surface area contributed by atoms with Crippen molar-refractivity contribution in [1.29, 1.82) is 0 Å². The summed E-state index contributed by atoms with van der Waals surface area (Å²) in [5.74, 6) is -0.280. The molecule has 0 radical (unpaired) electrons. The molecule has 0 saturated heterocycles. The van der Waals surface area contributed by atoms with Gasteiger partial charge in [0.25, 0.3) is 0 Å². The largest absolute Gasteiger partial charge is 0.459 e. The maximum Gasteiger partial charge on any atom is 0.417 e. The van der Waals surface area contributed by atoms with Crippen LogP contribution in [-0.2, 0) is 17.3 Å². The molecule has 0 spiro atoms. The van der Waals surface area contributed by atoms with Crippen LogP contribution >= 0.6 is 0 Å². The van der Waals surface area contributed by atoms with Crippen molar-refractivity contribution >= 4 is 11.8 Å². The maximum absolute atomic E-state index is 12.4. The second-order valence-corrected chi connectivity index (χ2v) is 4.90. The van der Waals surface area contributed by atoms with Gasteiger partial charge in [0.05, 0.1) is 12.1 Å². The van der Waals surface area contributed by atoms with Gasteiger partial charge in [0, 0.05) is 12.4 Å². The first-order chi connectivity index (χ1) is 11.4. The number of nitrogens with zero attached hydrogens (tertiary/aromatic N) is 2. The molecule has 0 aliphatic rings. The minimum absolute atomic E-state index is 0.0412. The number of aromatic nitrogens is 2.